The molecule has 6 nitrogen and oxygen atoms in total. The van der Waals surface area contributed by atoms with Gasteiger partial charge in [0.05, 0.1) is 6.33 Å². The van der Waals surface area contributed by atoms with Gasteiger partial charge in [0.25, 0.3) is 5.91 Å². The molecule has 0 saturated heterocycles. The number of anilines is 1. The number of aryl methyl sites for hydroxylation is 2. The minimum Gasteiger partial charge on any atom is -0.318 e. The Morgan fingerprint density at radius 1 is 1.40 bits per heavy atom. The number of allylic oxidation sites excluding steroid dienone is 2. The topological polar surface area (TPSA) is 72.7 Å². The fourth-order valence-corrected chi connectivity index (χ4v) is 1.75. The van der Waals surface area contributed by atoms with E-state index in [2.05, 4.69) is 33.4 Å². The van der Waals surface area contributed by atoms with Gasteiger partial charge in [0.2, 0.25) is 0 Å². The first-order valence-corrected chi connectivity index (χ1v) is 5.99. The molecule has 0 radical (unpaired) electrons. The van der Waals surface area contributed by atoms with Crippen LogP contribution in [-0.4, -0.2) is 25.4 Å². The molecule has 0 unspecified atom stereocenters. The van der Waals surface area contributed by atoms with Gasteiger partial charge in [-0.25, -0.2) is 15.0 Å². The van der Waals surface area contributed by atoms with Gasteiger partial charge in [-0.1, -0.05) is 31.4 Å². The van der Waals surface area contributed by atoms with Crippen molar-refractivity contribution in [2.45, 2.75) is 6.92 Å². The van der Waals surface area contributed by atoms with E-state index in [4.69, 9.17) is 0 Å². The van der Waals surface area contributed by atoms with Crippen molar-refractivity contribution in [3.8, 4) is 0 Å². The zero-order valence-corrected chi connectivity index (χ0v) is 11.4. The third kappa shape index (κ3) is 2.49. The van der Waals surface area contributed by atoms with E-state index in [0.29, 0.717) is 28.4 Å². The van der Waals surface area contributed by atoms with Crippen molar-refractivity contribution in [3.63, 3.8) is 0 Å². The number of hydrogen-bond acceptors (Lipinski definition) is 4. The molecular weight excluding hydrogens is 254 g/mol. The number of amides is 1. The summed E-state index contributed by atoms with van der Waals surface area (Å²) < 4.78 is 1.77. The summed E-state index contributed by atoms with van der Waals surface area (Å²) >= 11 is 0. The molecule has 0 aliphatic carbocycles. The number of fused-ring (bicyclic) bond motifs is 1. The van der Waals surface area contributed by atoms with Crippen LogP contribution < -0.4 is 5.32 Å². The molecular formula is C14H15N5O. The summed E-state index contributed by atoms with van der Waals surface area (Å²) in [7, 11) is 1.83. The smallest absolute Gasteiger partial charge is 0.256 e. The van der Waals surface area contributed by atoms with Crippen molar-refractivity contribution in [2.75, 3.05) is 5.32 Å². The van der Waals surface area contributed by atoms with Crippen LogP contribution in [0, 0.1) is 6.92 Å². The second-order valence-corrected chi connectivity index (χ2v) is 4.16. The third-order valence-electron chi connectivity index (χ3n) is 2.68. The zero-order chi connectivity index (χ0) is 14.7. The molecule has 1 amide bonds. The van der Waals surface area contributed by atoms with Gasteiger partial charge in [0.15, 0.2) is 17.0 Å². The van der Waals surface area contributed by atoms with Crippen molar-refractivity contribution >= 4 is 22.9 Å². The van der Waals surface area contributed by atoms with Gasteiger partial charge in [-0.3, -0.25) is 4.79 Å². The quantitative estimate of drug-likeness (QED) is 0.679. The van der Waals surface area contributed by atoms with E-state index in [9.17, 15) is 4.79 Å². The van der Waals surface area contributed by atoms with Crippen LogP contribution >= 0.6 is 0 Å². The molecule has 0 aliphatic heterocycles. The van der Waals surface area contributed by atoms with Crippen LogP contribution in [0.2, 0.25) is 0 Å². The number of aromatic nitrogens is 4. The first-order chi connectivity index (χ1) is 9.56. The van der Waals surface area contributed by atoms with E-state index < -0.39 is 0 Å². The van der Waals surface area contributed by atoms with Crippen molar-refractivity contribution in [3.05, 3.63) is 49.1 Å². The largest absolute Gasteiger partial charge is 0.318 e. The first-order valence-electron chi connectivity index (χ1n) is 5.99. The van der Waals surface area contributed by atoms with E-state index >= 15 is 0 Å². The Bertz CT molecular complexity index is 726. The molecule has 2 heterocycles. The molecule has 0 saturated carbocycles. The van der Waals surface area contributed by atoms with Gasteiger partial charge in [0, 0.05) is 12.6 Å². The van der Waals surface area contributed by atoms with E-state index in [0.717, 1.165) is 0 Å². The molecule has 0 bridgehead atoms. The second kappa shape index (κ2) is 5.48. The Balaban J connectivity index is 2.44. The van der Waals surface area contributed by atoms with E-state index in [1.165, 1.54) is 12.2 Å². The number of nitrogens with zero attached hydrogens (tertiary/aromatic N) is 4. The monoisotopic (exact) mass is 269 g/mol. The summed E-state index contributed by atoms with van der Waals surface area (Å²) in [6.45, 7) is 8.92. The highest BCUT2D eigenvalue weighted by molar-refractivity contribution is 6.08. The van der Waals surface area contributed by atoms with Crippen molar-refractivity contribution in [2.24, 2.45) is 7.05 Å². The molecule has 0 aromatic carbocycles. The average molecular weight is 269 g/mol. The predicted octanol–water partition coefficient (Wildman–Crippen LogP) is 1.91. The molecule has 6 heteroatoms. The number of nitrogens with one attached hydrogen (secondary N) is 1. The molecule has 2 aromatic rings. The highest BCUT2D eigenvalue weighted by Gasteiger charge is 2.14. The van der Waals surface area contributed by atoms with E-state index in [1.54, 1.807) is 23.9 Å². The molecule has 0 atom stereocenters. The van der Waals surface area contributed by atoms with Gasteiger partial charge in [-0.2, -0.15) is 0 Å². The number of rotatable bonds is 4. The maximum Gasteiger partial charge on any atom is 0.256 e. The lowest BCUT2D eigenvalue weighted by atomic mass is 10.2. The molecule has 0 spiro atoms. The van der Waals surface area contributed by atoms with Crippen LogP contribution in [0.15, 0.2) is 43.3 Å². The van der Waals surface area contributed by atoms with Gasteiger partial charge >= 0.3 is 0 Å². The lowest BCUT2D eigenvalue weighted by Crippen LogP contribution is -2.15. The van der Waals surface area contributed by atoms with Gasteiger partial charge in [-0.15, -0.1) is 0 Å². The Kier molecular flexibility index (Phi) is 3.74. The van der Waals surface area contributed by atoms with Crippen LogP contribution in [0.3, 0.4) is 0 Å². The van der Waals surface area contributed by atoms with Gasteiger partial charge in [0.1, 0.15) is 5.82 Å². The Labute approximate surface area is 116 Å². The van der Waals surface area contributed by atoms with Crippen LogP contribution in [-0.2, 0) is 11.8 Å². The summed E-state index contributed by atoms with van der Waals surface area (Å²) in [4.78, 5) is 24.8. The fourth-order valence-electron chi connectivity index (χ4n) is 1.75. The average Bonchev–Trinajstić information content (AvgIpc) is 2.77. The van der Waals surface area contributed by atoms with Crippen LogP contribution in [0.5, 0.6) is 0 Å². The summed E-state index contributed by atoms with van der Waals surface area (Å²) in [5.41, 5.74) is 1.62. The maximum absolute atomic E-state index is 12.1. The van der Waals surface area contributed by atoms with E-state index in [1.807, 2.05) is 7.05 Å². The minimum atomic E-state index is -0.315. The SMILES string of the molecule is C=C/C=C(\C=C)C(=O)Nc1nc(C)nc2c1ncn2C. The van der Waals surface area contributed by atoms with Gasteiger partial charge in [-0.05, 0) is 6.92 Å². The van der Waals surface area contributed by atoms with Crippen molar-refractivity contribution in [1.29, 1.82) is 0 Å². The standard InChI is InChI=1S/C14H15N5O/c1-5-7-10(6-2)14(20)18-12-11-13(17-9(3)16-12)19(4)8-15-11/h5-8H,1-2H2,3-4H3,(H,16,17,18,20)/b10-7+. The Morgan fingerprint density at radius 3 is 2.80 bits per heavy atom. The minimum absolute atomic E-state index is 0.315. The normalized spacial score (nSPS) is 11.4. The lowest BCUT2D eigenvalue weighted by molar-refractivity contribution is -0.112. The molecule has 0 fully saturated rings. The maximum atomic E-state index is 12.1. The van der Waals surface area contributed by atoms with Crippen LogP contribution in [0.25, 0.3) is 11.2 Å². The molecule has 2 rings (SSSR count). The number of carbonyl (C=O) groups is 1. The zero-order valence-electron chi connectivity index (χ0n) is 11.4. The summed E-state index contributed by atoms with van der Waals surface area (Å²) in [5, 5.41) is 2.72. The van der Waals surface area contributed by atoms with Crippen molar-refractivity contribution in [1.82, 2.24) is 19.5 Å². The third-order valence-corrected chi connectivity index (χ3v) is 2.68. The fraction of sp³-hybridized carbons (Fsp3) is 0.143. The van der Waals surface area contributed by atoms with Crippen molar-refractivity contribution < 1.29 is 4.79 Å². The van der Waals surface area contributed by atoms with Gasteiger partial charge < -0.3 is 9.88 Å². The number of imidazole rings is 1. The second-order valence-electron chi connectivity index (χ2n) is 4.16. The Morgan fingerprint density at radius 2 is 2.15 bits per heavy atom. The predicted molar refractivity (Wildman–Crippen MR) is 78.1 cm³/mol. The summed E-state index contributed by atoms with van der Waals surface area (Å²) in [5.74, 6) is 0.629. The highest BCUT2D eigenvalue weighted by Crippen LogP contribution is 2.18. The molecule has 2 aromatic heterocycles. The first kappa shape index (κ1) is 13.7. The highest BCUT2D eigenvalue weighted by atomic mass is 16.1. The van der Waals surface area contributed by atoms with E-state index in [-0.39, 0.29) is 5.91 Å². The molecule has 20 heavy (non-hydrogen) atoms. The summed E-state index contributed by atoms with van der Waals surface area (Å²) in [6.07, 6.45) is 6.19. The van der Waals surface area contributed by atoms with Crippen LogP contribution in [0.4, 0.5) is 5.82 Å². The lowest BCUT2D eigenvalue weighted by Gasteiger charge is -2.06. The Hall–Kier alpha value is -2.76. The summed E-state index contributed by atoms with van der Waals surface area (Å²) in [6, 6.07) is 0. The number of carbonyl (C=O) groups excluding carboxylic acids is 1. The van der Waals surface area contributed by atoms with Crippen LogP contribution in [0.1, 0.15) is 5.82 Å². The molecule has 0 aliphatic rings. The molecule has 102 valence electrons. The number of hydrogen-bond donors (Lipinski definition) is 1. The molecule has 1 N–H and O–H groups in total.